The van der Waals surface area contributed by atoms with Crippen LogP contribution in [0, 0.1) is 5.41 Å². The van der Waals surface area contributed by atoms with Crippen LogP contribution in [0.1, 0.15) is 26.5 Å². The fourth-order valence-corrected chi connectivity index (χ4v) is 2.41. The minimum atomic E-state index is -0.476. The van der Waals surface area contributed by atoms with Crippen molar-refractivity contribution in [1.82, 2.24) is 19.9 Å². The largest absolute Gasteiger partial charge is 0.354 e. The molecule has 2 aromatic heterocycles. The highest BCUT2D eigenvalue weighted by Crippen LogP contribution is 2.20. The number of imidazole rings is 1. The van der Waals surface area contributed by atoms with Crippen LogP contribution in [0.2, 0.25) is 0 Å². The zero-order valence-electron chi connectivity index (χ0n) is 13.5. The maximum Gasteiger partial charge on any atom is 0.231 e. The first-order valence-electron chi connectivity index (χ1n) is 7.33. The van der Waals surface area contributed by atoms with E-state index in [0.717, 1.165) is 0 Å². The molecule has 0 saturated carbocycles. The Hall–Kier alpha value is -2.22. The van der Waals surface area contributed by atoms with E-state index in [2.05, 4.69) is 20.6 Å². The summed E-state index contributed by atoms with van der Waals surface area (Å²) < 4.78 is 1.89. The topological polar surface area (TPSA) is 88.9 Å². The maximum absolute atomic E-state index is 11.9. The van der Waals surface area contributed by atoms with E-state index in [1.165, 1.54) is 11.3 Å². The van der Waals surface area contributed by atoms with Gasteiger partial charge < -0.3 is 15.2 Å². The molecule has 0 aliphatic carbocycles. The van der Waals surface area contributed by atoms with Crippen molar-refractivity contribution in [2.24, 2.45) is 5.41 Å². The van der Waals surface area contributed by atoms with Gasteiger partial charge in [0, 0.05) is 36.3 Å². The summed E-state index contributed by atoms with van der Waals surface area (Å²) in [5, 5.41) is 7.90. The summed E-state index contributed by atoms with van der Waals surface area (Å²) in [6, 6.07) is 0. The smallest absolute Gasteiger partial charge is 0.231 e. The lowest BCUT2D eigenvalue weighted by Crippen LogP contribution is -2.28. The van der Waals surface area contributed by atoms with E-state index in [9.17, 15) is 9.59 Å². The Kier molecular flexibility index (Phi) is 5.49. The van der Waals surface area contributed by atoms with Crippen LogP contribution in [0.5, 0.6) is 0 Å². The van der Waals surface area contributed by atoms with Crippen LogP contribution in [-0.4, -0.2) is 32.9 Å². The van der Waals surface area contributed by atoms with Crippen LogP contribution in [0.15, 0.2) is 24.1 Å². The summed E-state index contributed by atoms with van der Waals surface area (Å²) in [5.41, 5.74) is 0.177. The first-order valence-corrected chi connectivity index (χ1v) is 8.21. The number of nitrogens with zero attached hydrogens (tertiary/aromatic N) is 3. The molecule has 0 saturated heterocycles. The van der Waals surface area contributed by atoms with Gasteiger partial charge in [0.25, 0.3) is 0 Å². The van der Waals surface area contributed by atoms with Gasteiger partial charge in [-0.3, -0.25) is 9.59 Å². The standard InChI is InChI=1S/C15H21N5O2S/c1-15(2,3)13(22)19-14-18-11(9-23-14)8-12(21)17-5-7-20-6-4-16-10-20/h4,6,9-10H,5,7-8H2,1-3H3,(H,17,21)(H,18,19,22). The van der Waals surface area contributed by atoms with Gasteiger partial charge in [-0.05, 0) is 0 Å². The highest BCUT2D eigenvalue weighted by atomic mass is 32.1. The van der Waals surface area contributed by atoms with Crippen molar-refractivity contribution in [2.45, 2.75) is 33.7 Å². The molecule has 0 aliphatic heterocycles. The highest BCUT2D eigenvalue weighted by Gasteiger charge is 2.22. The van der Waals surface area contributed by atoms with Gasteiger partial charge in [-0.25, -0.2) is 9.97 Å². The second-order valence-corrected chi connectivity index (χ2v) is 7.03. The normalized spacial score (nSPS) is 11.3. The van der Waals surface area contributed by atoms with E-state index in [-0.39, 0.29) is 18.2 Å². The molecule has 2 N–H and O–H groups in total. The molecule has 8 heteroatoms. The molecule has 0 fully saturated rings. The summed E-state index contributed by atoms with van der Waals surface area (Å²) in [6.07, 6.45) is 5.45. The first-order chi connectivity index (χ1) is 10.8. The van der Waals surface area contributed by atoms with Crippen molar-refractivity contribution in [1.29, 1.82) is 0 Å². The Bertz CT molecular complexity index is 658. The van der Waals surface area contributed by atoms with E-state index < -0.39 is 5.41 Å². The number of carbonyl (C=O) groups is 2. The van der Waals surface area contributed by atoms with Crippen molar-refractivity contribution < 1.29 is 9.59 Å². The molecule has 0 spiro atoms. The Labute approximate surface area is 139 Å². The zero-order chi connectivity index (χ0) is 16.9. The van der Waals surface area contributed by atoms with Crippen LogP contribution < -0.4 is 10.6 Å². The third-order valence-corrected chi connectivity index (χ3v) is 3.85. The lowest BCUT2D eigenvalue weighted by atomic mass is 9.96. The van der Waals surface area contributed by atoms with Crippen LogP contribution in [0.3, 0.4) is 0 Å². The molecule has 2 rings (SSSR count). The minimum absolute atomic E-state index is 0.0934. The number of anilines is 1. The summed E-state index contributed by atoms with van der Waals surface area (Å²) in [5.74, 6) is -0.188. The number of carbonyl (C=O) groups excluding carboxylic acids is 2. The molecule has 0 aliphatic rings. The summed E-state index contributed by atoms with van der Waals surface area (Å²) in [7, 11) is 0. The van der Waals surface area contributed by atoms with E-state index in [1.807, 2.05) is 31.5 Å². The number of hydrogen-bond donors (Lipinski definition) is 2. The Morgan fingerprint density at radius 3 is 2.78 bits per heavy atom. The molecule has 0 bridgehead atoms. The Balaban J connectivity index is 1.77. The first kappa shape index (κ1) is 17.1. The predicted molar refractivity (Wildman–Crippen MR) is 89.1 cm³/mol. The lowest BCUT2D eigenvalue weighted by Gasteiger charge is -2.15. The SMILES string of the molecule is CC(C)(C)C(=O)Nc1nc(CC(=O)NCCn2ccnc2)cs1. The quantitative estimate of drug-likeness (QED) is 0.840. The summed E-state index contributed by atoms with van der Waals surface area (Å²) >= 11 is 1.32. The van der Waals surface area contributed by atoms with Gasteiger partial charge in [0.2, 0.25) is 11.8 Å². The second-order valence-electron chi connectivity index (χ2n) is 6.18. The van der Waals surface area contributed by atoms with E-state index >= 15 is 0 Å². The molecule has 0 atom stereocenters. The van der Waals surface area contributed by atoms with Gasteiger partial charge in [-0.15, -0.1) is 11.3 Å². The van der Waals surface area contributed by atoms with Gasteiger partial charge in [0.1, 0.15) is 0 Å². The molecule has 0 radical (unpaired) electrons. The fourth-order valence-electron chi connectivity index (χ4n) is 1.70. The van der Waals surface area contributed by atoms with Crippen LogP contribution in [-0.2, 0) is 22.6 Å². The monoisotopic (exact) mass is 335 g/mol. The summed E-state index contributed by atoms with van der Waals surface area (Å²) in [4.78, 5) is 32.0. The average Bonchev–Trinajstić information content (AvgIpc) is 3.10. The number of thiazole rings is 1. The van der Waals surface area contributed by atoms with Crippen molar-refractivity contribution in [3.63, 3.8) is 0 Å². The van der Waals surface area contributed by atoms with Crippen LogP contribution in [0.25, 0.3) is 0 Å². The molecule has 0 aromatic carbocycles. The Morgan fingerprint density at radius 2 is 2.13 bits per heavy atom. The number of aromatic nitrogens is 3. The third kappa shape index (κ3) is 5.48. The minimum Gasteiger partial charge on any atom is -0.354 e. The molecule has 124 valence electrons. The predicted octanol–water partition coefficient (Wildman–Crippen LogP) is 1.68. The maximum atomic E-state index is 11.9. The molecule has 2 amide bonds. The van der Waals surface area contributed by atoms with Crippen molar-refractivity contribution in [2.75, 3.05) is 11.9 Å². The molecule has 23 heavy (non-hydrogen) atoms. The van der Waals surface area contributed by atoms with Crippen LogP contribution in [0.4, 0.5) is 5.13 Å². The second kappa shape index (κ2) is 7.36. The summed E-state index contributed by atoms with van der Waals surface area (Å²) in [6.45, 7) is 6.72. The molecule has 0 unspecified atom stereocenters. The van der Waals surface area contributed by atoms with E-state index in [4.69, 9.17) is 0 Å². The third-order valence-electron chi connectivity index (χ3n) is 3.05. The highest BCUT2D eigenvalue weighted by molar-refractivity contribution is 7.13. The van der Waals surface area contributed by atoms with Crippen LogP contribution >= 0.6 is 11.3 Å². The van der Waals surface area contributed by atoms with Crippen molar-refractivity contribution in [3.05, 3.63) is 29.8 Å². The molecule has 7 nitrogen and oxygen atoms in total. The lowest BCUT2D eigenvalue weighted by molar-refractivity contribution is -0.123. The molecule has 2 aromatic rings. The van der Waals surface area contributed by atoms with Gasteiger partial charge in [0.05, 0.1) is 18.4 Å². The number of nitrogens with one attached hydrogen (secondary N) is 2. The van der Waals surface area contributed by atoms with Gasteiger partial charge in [-0.2, -0.15) is 0 Å². The number of rotatable bonds is 6. The molecular weight excluding hydrogens is 314 g/mol. The Morgan fingerprint density at radius 1 is 1.35 bits per heavy atom. The van der Waals surface area contributed by atoms with Gasteiger partial charge >= 0.3 is 0 Å². The van der Waals surface area contributed by atoms with E-state index in [1.54, 1.807) is 17.9 Å². The van der Waals surface area contributed by atoms with Crippen molar-refractivity contribution in [3.8, 4) is 0 Å². The average molecular weight is 335 g/mol. The van der Waals surface area contributed by atoms with Gasteiger partial charge in [-0.1, -0.05) is 20.8 Å². The molecular formula is C15H21N5O2S. The van der Waals surface area contributed by atoms with Gasteiger partial charge in [0.15, 0.2) is 5.13 Å². The zero-order valence-corrected chi connectivity index (χ0v) is 14.3. The number of amides is 2. The van der Waals surface area contributed by atoms with Crippen molar-refractivity contribution >= 4 is 28.3 Å². The molecule has 2 heterocycles. The van der Waals surface area contributed by atoms with E-state index in [0.29, 0.717) is 23.9 Å². The number of hydrogen-bond acceptors (Lipinski definition) is 5. The fraction of sp³-hybridized carbons (Fsp3) is 0.467.